The molecule has 0 heterocycles. The van der Waals surface area contributed by atoms with Gasteiger partial charge in [0.1, 0.15) is 0 Å². The first-order valence-corrected chi connectivity index (χ1v) is 10.0. The monoisotopic (exact) mass is 380 g/mol. The lowest BCUT2D eigenvalue weighted by atomic mass is 9.73. The van der Waals surface area contributed by atoms with E-state index in [0.29, 0.717) is 0 Å². The Balaban J connectivity index is 2.02. The van der Waals surface area contributed by atoms with Crippen molar-refractivity contribution < 1.29 is 0 Å². The fourth-order valence-corrected chi connectivity index (χ4v) is 4.77. The largest absolute Gasteiger partial charge is 0.0843 e. The standard InChI is InChI=1S/C27H21Cl/c1-27(2)25-13-7-5-11-22(25)20-10-4-3-9-19(20)21-16-15-18(28)17-24(21)23-12-6-8-14-26(23)27/h3-17H,1-2H3. The molecule has 4 aromatic carbocycles. The van der Waals surface area contributed by atoms with Gasteiger partial charge in [-0.2, -0.15) is 0 Å². The molecule has 0 saturated heterocycles. The SMILES string of the molecule is CC1(C)c2ccccc2-c2ccccc2-c2ccc(Cl)cc2-c2ccccc21. The summed E-state index contributed by atoms with van der Waals surface area (Å²) in [6.07, 6.45) is 0. The molecule has 136 valence electrons. The van der Waals surface area contributed by atoms with Crippen LogP contribution in [-0.2, 0) is 5.41 Å². The number of hydrogen-bond donors (Lipinski definition) is 0. The zero-order chi connectivity index (χ0) is 19.3. The van der Waals surface area contributed by atoms with Crippen LogP contribution >= 0.6 is 11.6 Å². The van der Waals surface area contributed by atoms with Crippen molar-refractivity contribution in [1.82, 2.24) is 0 Å². The van der Waals surface area contributed by atoms with Crippen LogP contribution in [0.1, 0.15) is 25.0 Å². The minimum absolute atomic E-state index is 0.149. The normalized spacial score (nSPS) is 13.8. The van der Waals surface area contributed by atoms with E-state index >= 15 is 0 Å². The zero-order valence-corrected chi connectivity index (χ0v) is 16.8. The van der Waals surface area contributed by atoms with Crippen LogP contribution in [-0.4, -0.2) is 0 Å². The summed E-state index contributed by atoms with van der Waals surface area (Å²) in [5.74, 6) is 0. The quantitative estimate of drug-likeness (QED) is 0.290. The Morgan fingerprint density at radius 2 is 0.929 bits per heavy atom. The van der Waals surface area contributed by atoms with Gasteiger partial charge in [0.05, 0.1) is 0 Å². The van der Waals surface area contributed by atoms with E-state index in [9.17, 15) is 0 Å². The van der Waals surface area contributed by atoms with E-state index in [1.165, 1.54) is 44.5 Å². The average molecular weight is 381 g/mol. The molecule has 0 bridgehead atoms. The van der Waals surface area contributed by atoms with Gasteiger partial charge >= 0.3 is 0 Å². The van der Waals surface area contributed by atoms with E-state index in [1.54, 1.807) is 0 Å². The summed E-state index contributed by atoms with van der Waals surface area (Å²) in [5.41, 5.74) is 9.97. The summed E-state index contributed by atoms with van der Waals surface area (Å²) in [6.45, 7) is 4.64. The van der Waals surface area contributed by atoms with E-state index in [4.69, 9.17) is 11.6 Å². The molecule has 5 rings (SSSR count). The van der Waals surface area contributed by atoms with Crippen LogP contribution < -0.4 is 0 Å². The summed E-state index contributed by atoms with van der Waals surface area (Å²) in [6, 6.07) is 32.5. The summed E-state index contributed by atoms with van der Waals surface area (Å²) in [5, 5.41) is 0.764. The highest BCUT2D eigenvalue weighted by molar-refractivity contribution is 6.31. The van der Waals surface area contributed by atoms with Gasteiger partial charge in [0.2, 0.25) is 0 Å². The van der Waals surface area contributed by atoms with Gasteiger partial charge in [-0.3, -0.25) is 0 Å². The molecule has 1 aliphatic carbocycles. The third-order valence-electron chi connectivity index (χ3n) is 5.98. The van der Waals surface area contributed by atoms with Crippen molar-refractivity contribution in [1.29, 1.82) is 0 Å². The Kier molecular flexibility index (Phi) is 3.92. The molecule has 4 aromatic rings. The van der Waals surface area contributed by atoms with Crippen molar-refractivity contribution in [3.8, 4) is 33.4 Å². The van der Waals surface area contributed by atoms with Gasteiger partial charge in [-0.1, -0.05) is 104 Å². The Hall–Kier alpha value is -2.83. The molecule has 0 N–H and O–H groups in total. The Morgan fingerprint density at radius 3 is 1.54 bits per heavy atom. The van der Waals surface area contributed by atoms with Crippen LogP contribution in [0.2, 0.25) is 5.02 Å². The maximum atomic E-state index is 6.47. The fraction of sp³-hybridized carbons (Fsp3) is 0.111. The van der Waals surface area contributed by atoms with Crippen LogP contribution in [0.15, 0.2) is 91.0 Å². The number of fused-ring (bicyclic) bond motifs is 7. The molecule has 28 heavy (non-hydrogen) atoms. The minimum atomic E-state index is -0.149. The second-order valence-corrected chi connectivity index (χ2v) is 8.39. The lowest BCUT2D eigenvalue weighted by Gasteiger charge is -2.30. The number of rotatable bonds is 0. The second-order valence-electron chi connectivity index (χ2n) is 7.95. The molecule has 0 nitrogen and oxygen atoms in total. The van der Waals surface area contributed by atoms with E-state index in [2.05, 4.69) is 98.8 Å². The van der Waals surface area contributed by atoms with Crippen molar-refractivity contribution in [2.45, 2.75) is 19.3 Å². The molecule has 0 radical (unpaired) electrons. The fourth-order valence-electron chi connectivity index (χ4n) is 4.60. The molecule has 0 saturated carbocycles. The van der Waals surface area contributed by atoms with E-state index in [0.717, 1.165) is 5.02 Å². The van der Waals surface area contributed by atoms with Crippen LogP contribution in [0, 0.1) is 0 Å². The highest BCUT2D eigenvalue weighted by atomic mass is 35.5. The van der Waals surface area contributed by atoms with Gasteiger partial charge in [-0.25, -0.2) is 0 Å². The smallest absolute Gasteiger partial charge is 0.0412 e. The third-order valence-corrected chi connectivity index (χ3v) is 6.22. The van der Waals surface area contributed by atoms with E-state index in [-0.39, 0.29) is 5.41 Å². The van der Waals surface area contributed by atoms with E-state index < -0.39 is 0 Å². The average Bonchev–Trinajstić information content (AvgIpc) is 2.76. The molecular formula is C27H21Cl. The molecule has 0 aromatic heterocycles. The lowest BCUT2D eigenvalue weighted by molar-refractivity contribution is 0.645. The molecular weight excluding hydrogens is 360 g/mol. The first kappa shape index (κ1) is 17.3. The van der Waals surface area contributed by atoms with Gasteiger partial charge in [0, 0.05) is 10.4 Å². The highest BCUT2D eigenvalue weighted by Gasteiger charge is 2.31. The number of benzene rings is 4. The topological polar surface area (TPSA) is 0 Å². The van der Waals surface area contributed by atoms with Crippen molar-refractivity contribution >= 4 is 11.6 Å². The predicted molar refractivity (Wildman–Crippen MR) is 120 cm³/mol. The predicted octanol–water partition coefficient (Wildman–Crippen LogP) is 7.98. The summed E-state index contributed by atoms with van der Waals surface area (Å²) < 4.78 is 0. The molecule has 0 spiro atoms. The molecule has 1 aliphatic rings. The Morgan fingerprint density at radius 1 is 0.500 bits per heavy atom. The second kappa shape index (κ2) is 6.36. The number of hydrogen-bond acceptors (Lipinski definition) is 0. The number of halogens is 1. The summed E-state index contributed by atoms with van der Waals surface area (Å²) in [4.78, 5) is 0. The zero-order valence-electron chi connectivity index (χ0n) is 16.0. The van der Waals surface area contributed by atoms with Crippen molar-refractivity contribution in [2.75, 3.05) is 0 Å². The van der Waals surface area contributed by atoms with Gasteiger partial charge in [0.15, 0.2) is 0 Å². The van der Waals surface area contributed by atoms with Gasteiger partial charge in [-0.05, 0) is 56.6 Å². The molecule has 0 fully saturated rings. The van der Waals surface area contributed by atoms with Gasteiger partial charge < -0.3 is 0 Å². The van der Waals surface area contributed by atoms with Crippen LogP contribution in [0.5, 0.6) is 0 Å². The maximum Gasteiger partial charge on any atom is 0.0412 e. The summed E-state index contributed by atoms with van der Waals surface area (Å²) >= 11 is 6.47. The maximum absolute atomic E-state index is 6.47. The third kappa shape index (κ3) is 2.52. The highest BCUT2D eigenvalue weighted by Crippen LogP contribution is 2.48. The molecule has 0 atom stereocenters. The Labute approximate surface area is 171 Å². The van der Waals surface area contributed by atoms with Crippen LogP contribution in [0.4, 0.5) is 0 Å². The molecule has 0 unspecified atom stereocenters. The van der Waals surface area contributed by atoms with Crippen LogP contribution in [0.3, 0.4) is 0 Å². The van der Waals surface area contributed by atoms with Gasteiger partial charge in [-0.15, -0.1) is 0 Å². The summed E-state index contributed by atoms with van der Waals surface area (Å²) in [7, 11) is 0. The minimum Gasteiger partial charge on any atom is -0.0843 e. The van der Waals surface area contributed by atoms with Gasteiger partial charge in [0.25, 0.3) is 0 Å². The van der Waals surface area contributed by atoms with E-state index in [1.807, 2.05) is 6.07 Å². The first-order valence-electron chi connectivity index (χ1n) is 9.66. The van der Waals surface area contributed by atoms with Crippen molar-refractivity contribution in [3.63, 3.8) is 0 Å². The molecule has 0 aliphatic heterocycles. The van der Waals surface area contributed by atoms with Crippen molar-refractivity contribution in [2.24, 2.45) is 0 Å². The van der Waals surface area contributed by atoms with Crippen molar-refractivity contribution in [3.05, 3.63) is 107 Å². The first-order chi connectivity index (χ1) is 13.6. The van der Waals surface area contributed by atoms with Crippen LogP contribution in [0.25, 0.3) is 33.4 Å². The Bertz CT molecular complexity index is 1200. The molecule has 0 amide bonds. The molecule has 1 heteroatoms. The lowest BCUT2D eigenvalue weighted by Crippen LogP contribution is -2.20.